The second kappa shape index (κ2) is 10.9. The number of aliphatic hydroxyl groups is 2. The summed E-state index contributed by atoms with van der Waals surface area (Å²) < 4.78 is 6.01. The van der Waals surface area contributed by atoms with Gasteiger partial charge < -0.3 is 25.2 Å². The number of aromatic nitrogens is 2. The molecule has 0 unspecified atom stereocenters. The molecule has 1 atom stereocenters. The van der Waals surface area contributed by atoms with Crippen LogP contribution in [0, 0.1) is 11.3 Å². The van der Waals surface area contributed by atoms with Crippen LogP contribution in [0.1, 0.15) is 17.5 Å². The van der Waals surface area contributed by atoms with Gasteiger partial charge in [-0.05, 0) is 42.0 Å². The molecular formula is C27H28N6O4. The average molecular weight is 501 g/mol. The number of amides is 1. The van der Waals surface area contributed by atoms with Crippen molar-refractivity contribution in [1.82, 2.24) is 19.8 Å². The topological polar surface area (TPSA) is 135 Å². The second-order valence-corrected chi connectivity index (χ2v) is 9.28. The highest BCUT2D eigenvalue weighted by Gasteiger charge is 2.28. The lowest BCUT2D eigenvalue weighted by atomic mass is 10.1. The molecular weight excluding hydrogens is 472 g/mol. The first-order valence-electron chi connectivity index (χ1n) is 12.2. The van der Waals surface area contributed by atoms with Crippen molar-refractivity contribution in [1.29, 1.82) is 5.26 Å². The van der Waals surface area contributed by atoms with Crippen molar-refractivity contribution in [2.24, 2.45) is 0 Å². The number of carbonyl (C=O) groups is 1. The molecule has 5 rings (SSSR count). The maximum absolute atomic E-state index is 11.7. The van der Waals surface area contributed by atoms with Crippen molar-refractivity contribution in [3.05, 3.63) is 65.9 Å². The van der Waals surface area contributed by atoms with Gasteiger partial charge in [-0.1, -0.05) is 12.1 Å². The Kier molecular flexibility index (Phi) is 7.28. The zero-order valence-corrected chi connectivity index (χ0v) is 20.2. The summed E-state index contributed by atoms with van der Waals surface area (Å²) in [5.41, 5.74) is 3.82. The zero-order valence-electron chi connectivity index (χ0n) is 20.2. The number of hydrogen-bond donors (Lipinski definition) is 3. The Labute approximate surface area is 214 Å². The van der Waals surface area contributed by atoms with Gasteiger partial charge in [-0.25, -0.2) is 9.97 Å². The van der Waals surface area contributed by atoms with Gasteiger partial charge in [0, 0.05) is 50.0 Å². The fourth-order valence-corrected chi connectivity index (χ4v) is 4.54. The summed E-state index contributed by atoms with van der Waals surface area (Å²) in [5.74, 6) is 0.572. The molecule has 0 aliphatic carbocycles. The van der Waals surface area contributed by atoms with E-state index in [9.17, 15) is 15.2 Å². The van der Waals surface area contributed by atoms with Crippen molar-refractivity contribution in [3.63, 3.8) is 0 Å². The standard InChI is InChI=1S/C27H28N6O4/c28-12-20-11-19(3-6-25(20)37-23-8-10-33(16-23)26(36)17-34)24-7-9-29-27(31-24)30-21-4-1-18(2-5-21)13-32-14-22(35)15-32/h1-7,9,11,22-23,34-35H,8,10,13-17H2,(H,29,30,31)/t23-/m1/s1. The van der Waals surface area contributed by atoms with Gasteiger partial charge in [0.25, 0.3) is 0 Å². The minimum atomic E-state index is -0.517. The average Bonchev–Trinajstić information content (AvgIpc) is 3.37. The van der Waals surface area contributed by atoms with Crippen LogP contribution in [-0.2, 0) is 11.3 Å². The number of aliphatic hydroxyl groups excluding tert-OH is 2. The van der Waals surface area contributed by atoms with Crippen LogP contribution in [-0.4, -0.2) is 80.9 Å². The van der Waals surface area contributed by atoms with E-state index in [-0.39, 0.29) is 18.1 Å². The van der Waals surface area contributed by atoms with Crippen LogP contribution >= 0.6 is 0 Å². The molecule has 2 fully saturated rings. The highest BCUT2D eigenvalue weighted by Crippen LogP contribution is 2.28. The number of nitrogens with one attached hydrogen (secondary N) is 1. The quantitative estimate of drug-likeness (QED) is 0.424. The van der Waals surface area contributed by atoms with Crippen LogP contribution in [0.25, 0.3) is 11.3 Å². The molecule has 10 heteroatoms. The third-order valence-electron chi connectivity index (χ3n) is 6.53. The number of ether oxygens (including phenoxy) is 1. The van der Waals surface area contributed by atoms with E-state index < -0.39 is 6.61 Å². The fourth-order valence-electron chi connectivity index (χ4n) is 4.54. The molecule has 2 saturated heterocycles. The van der Waals surface area contributed by atoms with Crippen LogP contribution in [0.15, 0.2) is 54.7 Å². The molecule has 3 aromatic rings. The van der Waals surface area contributed by atoms with E-state index in [0.29, 0.717) is 55.6 Å². The Morgan fingerprint density at radius 1 is 1.16 bits per heavy atom. The Bertz CT molecular complexity index is 1300. The second-order valence-electron chi connectivity index (χ2n) is 9.28. The summed E-state index contributed by atoms with van der Waals surface area (Å²) in [4.78, 5) is 24.4. The molecule has 1 aromatic heterocycles. The maximum Gasteiger partial charge on any atom is 0.248 e. The van der Waals surface area contributed by atoms with E-state index in [1.165, 1.54) is 5.56 Å². The number of likely N-dealkylation sites (tertiary alicyclic amines) is 2. The number of β-amino-alcohol motifs (C(OH)–C–C–N with tert-alkyl or cyclic N) is 1. The van der Waals surface area contributed by atoms with Gasteiger partial charge in [0.2, 0.25) is 11.9 Å². The molecule has 2 aromatic carbocycles. The van der Waals surface area contributed by atoms with Crippen molar-refractivity contribution >= 4 is 17.5 Å². The van der Waals surface area contributed by atoms with Gasteiger partial charge in [-0.2, -0.15) is 5.26 Å². The van der Waals surface area contributed by atoms with E-state index in [2.05, 4.69) is 26.3 Å². The summed E-state index contributed by atoms with van der Waals surface area (Å²) in [6.07, 6.45) is 1.87. The van der Waals surface area contributed by atoms with Gasteiger partial charge in [-0.15, -0.1) is 0 Å². The van der Waals surface area contributed by atoms with Crippen molar-refractivity contribution in [2.75, 3.05) is 38.1 Å². The van der Waals surface area contributed by atoms with E-state index >= 15 is 0 Å². The van der Waals surface area contributed by atoms with Crippen LogP contribution in [0.2, 0.25) is 0 Å². The molecule has 0 bridgehead atoms. The van der Waals surface area contributed by atoms with Gasteiger partial charge in [0.15, 0.2) is 0 Å². The predicted octanol–water partition coefficient (Wildman–Crippen LogP) is 1.91. The van der Waals surface area contributed by atoms with E-state index in [1.807, 2.05) is 30.3 Å². The molecule has 0 spiro atoms. The number of rotatable bonds is 8. The zero-order chi connectivity index (χ0) is 25.8. The van der Waals surface area contributed by atoms with Crippen molar-refractivity contribution in [2.45, 2.75) is 25.2 Å². The molecule has 2 aliphatic heterocycles. The molecule has 2 aliphatic rings. The van der Waals surface area contributed by atoms with Crippen LogP contribution in [0.4, 0.5) is 11.6 Å². The van der Waals surface area contributed by atoms with E-state index in [1.54, 1.807) is 29.3 Å². The Morgan fingerprint density at radius 2 is 1.97 bits per heavy atom. The number of benzene rings is 2. The minimum Gasteiger partial charge on any atom is -0.487 e. The molecule has 190 valence electrons. The summed E-state index contributed by atoms with van der Waals surface area (Å²) in [7, 11) is 0. The molecule has 37 heavy (non-hydrogen) atoms. The molecule has 3 heterocycles. The first-order chi connectivity index (χ1) is 18.0. The third kappa shape index (κ3) is 5.86. The monoisotopic (exact) mass is 500 g/mol. The van der Waals surface area contributed by atoms with Crippen LogP contribution < -0.4 is 10.1 Å². The first kappa shape index (κ1) is 24.6. The van der Waals surface area contributed by atoms with Crippen molar-refractivity contribution < 1.29 is 19.7 Å². The number of carbonyl (C=O) groups excluding carboxylic acids is 1. The molecule has 1 amide bonds. The van der Waals surface area contributed by atoms with Crippen LogP contribution in [0.5, 0.6) is 5.75 Å². The minimum absolute atomic E-state index is 0.207. The number of anilines is 2. The van der Waals surface area contributed by atoms with E-state index in [4.69, 9.17) is 9.84 Å². The lowest BCUT2D eigenvalue weighted by Crippen LogP contribution is -2.49. The van der Waals surface area contributed by atoms with Crippen molar-refractivity contribution in [3.8, 4) is 23.1 Å². The Morgan fingerprint density at radius 3 is 2.70 bits per heavy atom. The van der Waals surface area contributed by atoms with Gasteiger partial charge in [-0.3, -0.25) is 9.69 Å². The molecule has 0 radical (unpaired) electrons. The maximum atomic E-state index is 11.7. The normalized spacial score (nSPS) is 17.8. The molecule has 0 saturated carbocycles. The van der Waals surface area contributed by atoms with Gasteiger partial charge in [0.05, 0.1) is 23.9 Å². The first-order valence-corrected chi connectivity index (χ1v) is 12.2. The summed E-state index contributed by atoms with van der Waals surface area (Å²) >= 11 is 0. The predicted molar refractivity (Wildman–Crippen MR) is 136 cm³/mol. The van der Waals surface area contributed by atoms with Gasteiger partial charge >= 0.3 is 0 Å². The highest BCUT2D eigenvalue weighted by atomic mass is 16.5. The SMILES string of the molecule is N#Cc1cc(-c2ccnc(Nc3ccc(CN4CC(O)C4)cc3)n2)ccc1O[C@@H]1CCN(C(=O)CO)C1. The fraction of sp³-hybridized carbons (Fsp3) is 0.333. The largest absolute Gasteiger partial charge is 0.487 e. The molecule has 3 N–H and O–H groups in total. The third-order valence-corrected chi connectivity index (χ3v) is 6.53. The number of hydrogen-bond acceptors (Lipinski definition) is 9. The van der Waals surface area contributed by atoms with E-state index in [0.717, 1.165) is 17.8 Å². The number of nitrogens with zero attached hydrogens (tertiary/aromatic N) is 5. The Hall–Kier alpha value is -4.04. The summed E-state index contributed by atoms with van der Waals surface area (Å²) in [6, 6.07) is 17.3. The van der Waals surface area contributed by atoms with Crippen LogP contribution in [0.3, 0.4) is 0 Å². The lowest BCUT2D eigenvalue weighted by Gasteiger charge is -2.35. The summed E-state index contributed by atoms with van der Waals surface area (Å²) in [5, 5.41) is 31.4. The lowest BCUT2D eigenvalue weighted by molar-refractivity contribution is -0.133. The highest BCUT2D eigenvalue weighted by molar-refractivity contribution is 5.77. The molecule has 10 nitrogen and oxygen atoms in total. The number of nitriles is 1. The smallest absolute Gasteiger partial charge is 0.248 e. The Balaban J connectivity index is 1.24. The summed E-state index contributed by atoms with van der Waals surface area (Å²) in [6.45, 7) is 2.63. The van der Waals surface area contributed by atoms with Gasteiger partial charge in [0.1, 0.15) is 24.5 Å².